The summed E-state index contributed by atoms with van der Waals surface area (Å²) < 4.78 is 0. The van der Waals surface area contributed by atoms with Crippen LogP contribution in [0, 0.1) is 6.92 Å². The normalized spacial score (nSPS) is 15.4. The van der Waals surface area contributed by atoms with Crippen LogP contribution < -0.4 is 0 Å². The lowest BCUT2D eigenvalue weighted by Gasteiger charge is -2.20. The van der Waals surface area contributed by atoms with Crippen molar-refractivity contribution in [3.05, 3.63) is 41.5 Å². The minimum Gasteiger partial charge on any atom is -0.505 e. The van der Waals surface area contributed by atoms with Gasteiger partial charge in [0.25, 0.3) is 0 Å². The van der Waals surface area contributed by atoms with Crippen molar-refractivity contribution in [1.82, 2.24) is 15.0 Å². The first-order valence-electron chi connectivity index (χ1n) is 10.5. The van der Waals surface area contributed by atoms with E-state index >= 15 is 0 Å². The zero-order valence-electron chi connectivity index (χ0n) is 16.8. The summed E-state index contributed by atoms with van der Waals surface area (Å²) in [5.41, 5.74) is 4.52. The van der Waals surface area contributed by atoms with Gasteiger partial charge in [0.1, 0.15) is 22.5 Å². The second-order valence-corrected chi connectivity index (χ2v) is 9.29. The Bertz CT molecular complexity index is 960. The fourth-order valence-electron chi connectivity index (χ4n) is 3.99. The fraction of sp³-hybridized carbons (Fsp3) is 0.478. The standard InChI is InChI=1S/C23H29N3OS/c1-3-4-8-17-13-16(2)14-22(23(17)27)26-24-20-12-11-19(15-21(20)25-26)28-18-9-6-5-7-10-18/h11-15,18,27H,3-10H2,1-2H3. The third-order valence-corrected chi connectivity index (χ3v) is 6.87. The Morgan fingerprint density at radius 2 is 1.86 bits per heavy atom. The highest BCUT2D eigenvalue weighted by Crippen LogP contribution is 2.35. The van der Waals surface area contributed by atoms with Gasteiger partial charge in [-0.3, -0.25) is 0 Å². The Morgan fingerprint density at radius 3 is 2.64 bits per heavy atom. The molecule has 2 aromatic carbocycles. The van der Waals surface area contributed by atoms with E-state index in [1.807, 2.05) is 17.8 Å². The number of phenolic OH excluding ortho intramolecular Hbond substituents is 1. The minimum atomic E-state index is 0.302. The predicted octanol–water partition coefficient (Wildman–Crippen LogP) is 6.20. The van der Waals surface area contributed by atoms with E-state index in [1.165, 1.54) is 37.0 Å². The van der Waals surface area contributed by atoms with E-state index in [1.54, 1.807) is 4.80 Å². The molecule has 1 aliphatic rings. The van der Waals surface area contributed by atoms with Gasteiger partial charge in [-0.2, -0.15) is 0 Å². The first-order valence-corrected chi connectivity index (χ1v) is 11.4. The summed E-state index contributed by atoms with van der Waals surface area (Å²) in [5, 5.41) is 20.8. The second-order valence-electron chi connectivity index (χ2n) is 7.91. The Kier molecular flexibility index (Phi) is 5.90. The lowest BCUT2D eigenvalue weighted by molar-refractivity contribution is 0.459. The van der Waals surface area contributed by atoms with Gasteiger partial charge in [-0.1, -0.05) is 38.7 Å². The molecule has 0 unspecified atom stereocenters. The Labute approximate surface area is 171 Å². The molecule has 148 valence electrons. The van der Waals surface area contributed by atoms with Crippen molar-refractivity contribution >= 4 is 22.8 Å². The maximum Gasteiger partial charge on any atom is 0.146 e. The maximum atomic E-state index is 10.8. The van der Waals surface area contributed by atoms with Gasteiger partial charge in [0.15, 0.2) is 0 Å². The average Bonchev–Trinajstić information content (AvgIpc) is 3.12. The zero-order chi connectivity index (χ0) is 19.5. The maximum absolute atomic E-state index is 10.8. The zero-order valence-corrected chi connectivity index (χ0v) is 17.6. The molecule has 0 saturated heterocycles. The highest BCUT2D eigenvalue weighted by Gasteiger charge is 2.17. The van der Waals surface area contributed by atoms with E-state index in [4.69, 9.17) is 5.10 Å². The SMILES string of the molecule is CCCCc1cc(C)cc(-n2nc3ccc(SC4CCCCC4)cc3n2)c1O. The van der Waals surface area contributed by atoms with E-state index < -0.39 is 0 Å². The number of unbranched alkanes of at least 4 members (excludes halogenated alkanes) is 1. The number of hydrogen-bond donors (Lipinski definition) is 1. The quantitative estimate of drug-likeness (QED) is 0.540. The Hall–Kier alpha value is -2.01. The van der Waals surface area contributed by atoms with Crippen LogP contribution in [0.5, 0.6) is 5.75 Å². The number of benzene rings is 2. The molecular weight excluding hydrogens is 366 g/mol. The van der Waals surface area contributed by atoms with Crippen molar-refractivity contribution in [2.24, 2.45) is 0 Å². The number of rotatable bonds is 6. The number of thioether (sulfide) groups is 1. The molecule has 1 aromatic heterocycles. The number of nitrogens with zero attached hydrogens (tertiary/aromatic N) is 3. The monoisotopic (exact) mass is 395 g/mol. The van der Waals surface area contributed by atoms with Gasteiger partial charge in [0.05, 0.1) is 0 Å². The molecule has 5 heteroatoms. The number of phenols is 1. The van der Waals surface area contributed by atoms with Crippen LogP contribution in [0.1, 0.15) is 63.0 Å². The number of aryl methyl sites for hydroxylation is 2. The number of fused-ring (bicyclic) bond motifs is 1. The van der Waals surface area contributed by atoms with Crippen molar-refractivity contribution in [3.8, 4) is 11.4 Å². The molecule has 0 spiro atoms. The van der Waals surface area contributed by atoms with E-state index in [-0.39, 0.29) is 0 Å². The lowest BCUT2D eigenvalue weighted by atomic mass is 10.0. The van der Waals surface area contributed by atoms with Crippen LogP contribution in [0.3, 0.4) is 0 Å². The van der Waals surface area contributed by atoms with Crippen molar-refractivity contribution in [2.45, 2.75) is 75.4 Å². The van der Waals surface area contributed by atoms with E-state index in [0.717, 1.165) is 46.7 Å². The van der Waals surface area contributed by atoms with E-state index in [0.29, 0.717) is 11.4 Å². The van der Waals surface area contributed by atoms with Crippen LogP contribution in [-0.4, -0.2) is 25.4 Å². The predicted molar refractivity (Wildman–Crippen MR) is 117 cm³/mol. The molecule has 1 fully saturated rings. The second kappa shape index (κ2) is 8.56. The van der Waals surface area contributed by atoms with Gasteiger partial charge in [-0.05, 0) is 68.0 Å². The first-order chi connectivity index (χ1) is 13.6. The van der Waals surface area contributed by atoms with E-state index in [2.05, 4.69) is 43.2 Å². The summed E-state index contributed by atoms with van der Waals surface area (Å²) in [4.78, 5) is 2.86. The highest BCUT2D eigenvalue weighted by molar-refractivity contribution is 8.00. The number of aromatic nitrogens is 3. The number of hydrogen-bond acceptors (Lipinski definition) is 4. The molecule has 3 aromatic rings. The van der Waals surface area contributed by atoms with Crippen molar-refractivity contribution in [3.63, 3.8) is 0 Å². The summed E-state index contributed by atoms with van der Waals surface area (Å²) in [5.74, 6) is 0.302. The Balaban J connectivity index is 1.63. The molecule has 4 rings (SSSR count). The molecule has 0 aliphatic heterocycles. The summed E-state index contributed by atoms with van der Waals surface area (Å²) in [6.07, 6.45) is 9.75. The molecule has 1 heterocycles. The lowest BCUT2D eigenvalue weighted by Crippen LogP contribution is -2.07. The summed E-state index contributed by atoms with van der Waals surface area (Å²) in [7, 11) is 0. The van der Waals surface area contributed by atoms with E-state index in [9.17, 15) is 5.11 Å². The molecule has 0 bridgehead atoms. The summed E-state index contributed by atoms with van der Waals surface area (Å²) in [6, 6.07) is 10.4. The van der Waals surface area contributed by atoms with Gasteiger partial charge in [0.2, 0.25) is 0 Å². The van der Waals surface area contributed by atoms with Crippen LogP contribution in [0.25, 0.3) is 16.7 Å². The van der Waals surface area contributed by atoms with Crippen LogP contribution in [0.2, 0.25) is 0 Å². The van der Waals surface area contributed by atoms with Gasteiger partial charge < -0.3 is 5.11 Å². The molecule has 0 atom stereocenters. The van der Waals surface area contributed by atoms with Gasteiger partial charge >= 0.3 is 0 Å². The molecule has 28 heavy (non-hydrogen) atoms. The third kappa shape index (κ3) is 4.19. The molecule has 0 radical (unpaired) electrons. The highest BCUT2D eigenvalue weighted by atomic mass is 32.2. The molecular formula is C23H29N3OS. The third-order valence-electron chi connectivity index (χ3n) is 5.53. The van der Waals surface area contributed by atoms with Crippen LogP contribution in [-0.2, 0) is 6.42 Å². The van der Waals surface area contributed by atoms with Crippen molar-refractivity contribution in [1.29, 1.82) is 0 Å². The molecule has 1 saturated carbocycles. The average molecular weight is 396 g/mol. The topological polar surface area (TPSA) is 50.9 Å². The van der Waals surface area contributed by atoms with Gasteiger partial charge in [0, 0.05) is 10.1 Å². The van der Waals surface area contributed by atoms with Gasteiger partial charge in [-0.25, -0.2) is 0 Å². The molecule has 1 aliphatic carbocycles. The van der Waals surface area contributed by atoms with Crippen molar-refractivity contribution < 1.29 is 5.11 Å². The van der Waals surface area contributed by atoms with Crippen LogP contribution in [0.4, 0.5) is 0 Å². The smallest absolute Gasteiger partial charge is 0.146 e. The molecule has 4 nitrogen and oxygen atoms in total. The van der Waals surface area contributed by atoms with Gasteiger partial charge in [-0.15, -0.1) is 26.8 Å². The van der Waals surface area contributed by atoms with Crippen molar-refractivity contribution in [2.75, 3.05) is 0 Å². The summed E-state index contributed by atoms with van der Waals surface area (Å²) >= 11 is 1.98. The number of aromatic hydroxyl groups is 1. The fourth-order valence-corrected chi connectivity index (χ4v) is 5.27. The first kappa shape index (κ1) is 19.3. The summed E-state index contributed by atoms with van der Waals surface area (Å²) in [6.45, 7) is 4.22. The largest absolute Gasteiger partial charge is 0.505 e. The minimum absolute atomic E-state index is 0.302. The molecule has 1 N–H and O–H groups in total. The Morgan fingerprint density at radius 1 is 1.07 bits per heavy atom. The molecule has 0 amide bonds. The van der Waals surface area contributed by atoms with Crippen LogP contribution >= 0.6 is 11.8 Å². The van der Waals surface area contributed by atoms with Crippen LogP contribution in [0.15, 0.2) is 35.2 Å².